The summed E-state index contributed by atoms with van der Waals surface area (Å²) in [6, 6.07) is 0. The molecular weight excluding hydrogens is 372 g/mol. The highest BCUT2D eigenvalue weighted by Gasteiger charge is 2.10. The quantitative estimate of drug-likeness (QED) is 0.114. The number of hydrogen-bond acceptors (Lipinski definition) is 3. The van der Waals surface area contributed by atoms with E-state index in [2.05, 4.69) is 20.8 Å². The molecule has 0 saturated carbocycles. The summed E-state index contributed by atoms with van der Waals surface area (Å²) in [6.07, 6.45) is 24.0. The van der Waals surface area contributed by atoms with Gasteiger partial charge in [-0.15, -0.1) is 0 Å². The molecular formula is C27H54O3. The van der Waals surface area contributed by atoms with Gasteiger partial charge in [0.05, 0.1) is 13.2 Å². The van der Waals surface area contributed by atoms with Gasteiger partial charge in [0.1, 0.15) is 0 Å². The van der Waals surface area contributed by atoms with Crippen molar-refractivity contribution in [1.29, 1.82) is 0 Å². The van der Waals surface area contributed by atoms with Crippen LogP contribution in [0.2, 0.25) is 0 Å². The molecule has 0 aromatic heterocycles. The fourth-order valence-corrected chi connectivity index (χ4v) is 3.70. The highest BCUT2D eigenvalue weighted by Crippen LogP contribution is 2.14. The van der Waals surface area contributed by atoms with Crippen LogP contribution in [0.1, 0.15) is 143 Å². The number of hydrogen-bond donors (Lipinski definition) is 0. The lowest BCUT2D eigenvalue weighted by molar-refractivity contribution is -0.145. The van der Waals surface area contributed by atoms with E-state index in [4.69, 9.17) is 9.47 Å². The molecule has 0 bridgehead atoms. The van der Waals surface area contributed by atoms with Gasteiger partial charge < -0.3 is 9.47 Å². The van der Waals surface area contributed by atoms with E-state index in [1.807, 2.05) is 0 Å². The van der Waals surface area contributed by atoms with E-state index in [9.17, 15) is 4.79 Å². The molecule has 3 heteroatoms. The van der Waals surface area contributed by atoms with Gasteiger partial charge >= 0.3 is 5.97 Å². The standard InChI is InChI=1S/C27H54O3/c1-4-7-9-10-11-12-13-14-15-16-17-18-19-20-21-22-27(28)30-25-26(6-3)24-29-23-8-5-2/h26H,4-25H2,1-3H3. The first-order valence-electron chi connectivity index (χ1n) is 13.5. The van der Waals surface area contributed by atoms with Crippen LogP contribution in [-0.2, 0) is 14.3 Å². The Hall–Kier alpha value is -0.570. The van der Waals surface area contributed by atoms with Gasteiger partial charge in [0.25, 0.3) is 0 Å². The molecule has 0 aliphatic rings. The lowest BCUT2D eigenvalue weighted by Gasteiger charge is -2.15. The molecule has 0 aromatic carbocycles. The predicted molar refractivity (Wildman–Crippen MR) is 130 cm³/mol. The Morgan fingerprint density at radius 2 is 1.07 bits per heavy atom. The van der Waals surface area contributed by atoms with Crippen LogP contribution in [0.25, 0.3) is 0 Å². The molecule has 0 heterocycles. The Bertz CT molecular complexity index is 343. The molecule has 1 unspecified atom stereocenters. The second-order valence-electron chi connectivity index (χ2n) is 9.09. The topological polar surface area (TPSA) is 35.5 Å². The largest absolute Gasteiger partial charge is 0.465 e. The molecule has 0 saturated heterocycles. The summed E-state index contributed by atoms with van der Waals surface area (Å²) in [5.74, 6) is 0.309. The predicted octanol–water partition coefficient (Wildman–Crippen LogP) is 8.63. The SMILES string of the molecule is CCCCCCCCCCCCCCCCCC(=O)OCC(CC)COCCCC. The molecule has 0 N–H and O–H groups in total. The number of carbonyl (C=O) groups excluding carboxylic acids is 1. The van der Waals surface area contributed by atoms with Crippen LogP contribution < -0.4 is 0 Å². The molecule has 1 atom stereocenters. The molecule has 0 rings (SSSR count). The molecule has 0 aromatic rings. The monoisotopic (exact) mass is 426 g/mol. The highest BCUT2D eigenvalue weighted by molar-refractivity contribution is 5.69. The average molecular weight is 427 g/mol. The minimum atomic E-state index is -0.0308. The first-order valence-corrected chi connectivity index (χ1v) is 13.5. The van der Waals surface area contributed by atoms with Crippen LogP contribution in [0.5, 0.6) is 0 Å². The maximum atomic E-state index is 11.9. The summed E-state index contributed by atoms with van der Waals surface area (Å²) in [7, 11) is 0. The van der Waals surface area contributed by atoms with Gasteiger partial charge in [0.2, 0.25) is 0 Å². The minimum Gasteiger partial charge on any atom is -0.465 e. The molecule has 0 aliphatic heterocycles. The Kier molecular flexibility index (Phi) is 24.2. The maximum Gasteiger partial charge on any atom is 0.305 e. The van der Waals surface area contributed by atoms with E-state index in [0.717, 1.165) is 38.7 Å². The smallest absolute Gasteiger partial charge is 0.305 e. The van der Waals surface area contributed by atoms with Gasteiger partial charge in [-0.2, -0.15) is 0 Å². The van der Waals surface area contributed by atoms with Gasteiger partial charge in [0.15, 0.2) is 0 Å². The maximum absolute atomic E-state index is 11.9. The molecule has 0 amide bonds. The number of esters is 1. The van der Waals surface area contributed by atoms with Crippen molar-refractivity contribution in [2.24, 2.45) is 5.92 Å². The van der Waals surface area contributed by atoms with Crippen molar-refractivity contribution < 1.29 is 14.3 Å². The second-order valence-corrected chi connectivity index (χ2v) is 9.09. The second kappa shape index (κ2) is 24.7. The van der Waals surface area contributed by atoms with Crippen LogP contribution in [0.3, 0.4) is 0 Å². The zero-order valence-electron chi connectivity index (χ0n) is 20.9. The molecule has 0 spiro atoms. The molecule has 0 aliphatic carbocycles. The van der Waals surface area contributed by atoms with Gasteiger partial charge in [-0.05, 0) is 19.3 Å². The molecule has 180 valence electrons. The Balaban J connectivity index is 3.32. The highest BCUT2D eigenvalue weighted by atomic mass is 16.5. The fourth-order valence-electron chi connectivity index (χ4n) is 3.70. The van der Waals surface area contributed by atoms with Crippen molar-refractivity contribution in [2.75, 3.05) is 19.8 Å². The summed E-state index contributed by atoms with van der Waals surface area (Å²) >= 11 is 0. The van der Waals surface area contributed by atoms with Crippen LogP contribution in [0.15, 0.2) is 0 Å². The third-order valence-electron chi connectivity index (χ3n) is 6.04. The van der Waals surface area contributed by atoms with E-state index >= 15 is 0 Å². The summed E-state index contributed by atoms with van der Waals surface area (Å²) in [5.41, 5.74) is 0. The van der Waals surface area contributed by atoms with Crippen LogP contribution in [0.4, 0.5) is 0 Å². The summed E-state index contributed by atoms with van der Waals surface area (Å²) in [6.45, 7) is 8.63. The van der Waals surface area contributed by atoms with E-state index in [0.29, 0.717) is 25.6 Å². The molecule has 0 fully saturated rings. The summed E-state index contributed by atoms with van der Waals surface area (Å²) < 4.78 is 11.1. The number of rotatable bonds is 24. The van der Waals surface area contributed by atoms with Crippen LogP contribution in [0, 0.1) is 5.92 Å². The molecule has 0 radical (unpaired) electrons. The number of ether oxygens (including phenoxy) is 2. The Labute approximate surface area is 189 Å². The molecule has 3 nitrogen and oxygen atoms in total. The van der Waals surface area contributed by atoms with Gasteiger partial charge in [-0.1, -0.05) is 117 Å². The average Bonchev–Trinajstić information content (AvgIpc) is 2.76. The fraction of sp³-hybridized carbons (Fsp3) is 0.963. The zero-order valence-corrected chi connectivity index (χ0v) is 20.9. The molecule has 30 heavy (non-hydrogen) atoms. The van der Waals surface area contributed by atoms with Gasteiger partial charge in [-0.3, -0.25) is 4.79 Å². The third kappa shape index (κ3) is 22.1. The number of carbonyl (C=O) groups is 1. The Morgan fingerprint density at radius 1 is 0.600 bits per heavy atom. The van der Waals surface area contributed by atoms with Crippen molar-refractivity contribution in [3.63, 3.8) is 0 Å². The number of unbranched alkanes of at least 4 members (excludes halogenated alkanes) is 15. The van der Waals surface area contributed by atoms with E-state index in [1.54, 1.807) is 0 Å². The van der Waals surface area contributed by atoms with Crippen molar-refractivity contribution in [3.8, 4) is 0 Å². The van der Waals surface area contributed by atoms with E-state index in [-0.39, 0.29) is 5.97 Å². The van der Waals surface area contributed by atoms with E-state index < -0.39 is 0 Å². The van der Waals surface area contributed by atoms with Crippen molar-refractivity contribution in [2.45, 2.75) is 143 Å². The first kappa shape index (κ1) is 29.4. The lowest BCUT2D eigenvalue weighted by atomic mass is 10.0. The van der Waals surface area contributed by atoms with Crippen LogP contribution in [-0.4, -0.2) is 25.8 Å². The van der Waals surface area contributed by atoms with Crippen molar-refractivity contribution in [3.05, 3.63) is 0 Å². The van der Waals surface area contributed by atoms with E-state index in [1.165, 1.54) is 83.5 Å². The van der Waals surface area contributed by atoms with Crippen molar-refractivity contribution >= 4 is 5.97 Å². The van der Waals surface area contributed by atoms with Crippen LogP contribution >= 0.6 is 0 Å². The Morgan fingerprint density at radius 3 is 1.53 bits per heavy atom. The summed E-state index contributed by atoms with van der Waals surface area (Å²) in [4.78, 5) is 11.9. The third-order valence-corrected chi connectivity index (χ3v) is 6.04. The lowest BCUT2D eigenvalue weighted by Crippen LogP contribution is -2.18. The first-order chi connectivity index (χ1) is 14.7. The zero-order chi connectivity index (χ0) is 22.1. The normalized spacial score (nSPS) is 12.2. The van der Waals surface area contributed by atoms with Gasteiger partial charge in [0, 0.05) is 18.9 Å². The summed E-state index contributed by atoms with van der Waals surface area (Å²) in [5, 5.41) is 0. The van der Waals surface area contributed by atoms with Crippen molar-refractivity contribution in [1.82, 2.24) is 0 Å². The minimum absolute atomic E-state index is 0.0308. The van der Waals surface area contributed by atoms with Gasteiger partial charge in [-0.25, -0.2) is 0 Å².